The van der Waals surface area contributed by atoms with Crippen LogP contribution in [0.2, 0.25) is 0 Å². The summed E-state index contributed by atoms with van der Waals surface area (Å²) in [5.41, 5.74) is 3.81. The quantitative estimate of drug-likeness (QED) is 0.657. The third kappa shape index (κ3) is 3.24. The fourth-order valence-electron chi connectivity index (χ4n) is 2.84. The highest BCUT2D eigenvalue weighted by molar-refractivity contribution is 5.94. The monoisotopic (exact) mass is 333 g/mol. The van der Waals surface area contributed by atoms with Gasteiger partial charge in [0.1, 0.15) is 5.82 Å². The highest BCUT2D eigenvalue weighted by Gasteiger charge is 2.15. The number of hydrogen-bond donors (Lipinski definition) is 0. The Hall–Kier alpha value is -3.13. The van der Waals surface area contributed by atoms with Crippen molar-refractivity contribution < 1.29 is 9.53 Å². The van der Waals surface area contributed by atoms with Crippen LogP contribution in [-0.2, 0) is 11.3 Å². The zero-order valence-corrected chi connectivity index (χ0v) is 14.3. The molecule has 0 bridgehead atoms. The molecule has 0 aliphatic rings. The predicted molar refractivity (Wildman–Crippen MR) is 96.1 cm³/mol. The minimum Gasteiger partial charge on any atom is -0.462 e. The predicted octanol–water partition coefficient (Wildman–Crippen LogP) is 4.16. The molecule has 0 amide bonds. The van der Waals surface area contributed by atoms with Crippen molar-refractivity contribution in [1.29, 1.82) is 5.26 Å². The Balaban J connectivity index is 2.12. The number of ether oxygens (including phenoxy) is 1. The van der Waals surface area contributed by atoms with Gasteiger partial charge < -0.3 is 9.30 Å². The second-order valence-electron chi connectivity index (χ2n) is 5.70. The number of nitrogens with zero attached hydrogens (tertiary/aromatic N) is 3. The largest absolute Gasteiger partial charge is 0.462 e. The number of benzene rings is 2. The molecule has 25 heavy (non-hydrogen) atoms. The summed E-state index contributed by atoms with van der Waals surface area (Å²) >= 11 is 0. The smallest absolute Gasteiger partial charge is 0.338 e. The maximum Gasteiger partial charge on any atom is 0.338 e. The van der Waals surface area contributed by atoms with Crippen LogP contribution in [0.5, 0.6) is 0 Å². The molecule has 0 spiro atoms. The van der Waals surface area contributed by atoms with E-state index in [9.17, 15) is 4.79 Å². The van der Waals surface area contributed by atoms with E-state index >= 15 is 0 Å². The lowest BCUT2D eigenvalue weighted by molar-refractivity contribution is 0.0526. The Labute approximate surface area is 146 Å². The highest BCUT2D eigenvalue weighted by atomic mass is 16.5. The lowest BCUT2D eigenvalue weighted by atomic mass is 10.1. The fourth-order valence-corrected chi connectivity index (χ4v) is 2.84. The first kappa shape index (κ1) is 16.7. The van der Waals surface area contributed by atoms with Gasteiger partial charge in [0.25, 0.3) is 0 Å². The van der Waals surface area contributed by atoms with Crippen molar-refractivity contribution in [2.24, 2.45) is 0 Å². The van der Waals surface area contributed by atoms with E-state index in [1.807, 2.05) is 18.2 Å². The summed E-state index contributed by atoms with van der Waals surface area (Å²) in [4.78, 5) is 16.7. The molecule has 0 radical (unpaired) electrons. The van der Waals surface area contributed by atoms with Gasteiger partial charge in [0.15, 0.2) is 0 Å². The van der Waals surface area contributed by atoms with E-state index in [4.69, 9.17) is 15.0 Å². The van der Waals surface area contributed by atoms with E-state index in [0.717, 1.165) is 35.4 Å². The van der Waals surface area contributed by atoms with Crippen molar-refractivity contribution in [1.82, 2.24) is 9.55 Å². The molecule has 0 atom stereocenters. The van der Waals surface area contributed by atoms with Crippen LogP contribution in [0.3, 0.4) is 0 Å². The van der Waals surface area contributed by atoms with Gasteiger partial charge in [0, 0.05) is 12.1 Å². The van der Waals surface area contributed by atoms with Gasteiger partial charge in [-0.05, 0) is 55.8 Å². The van der Waals surface area contributed by atoms with Crippen LogP contribution in [0.25, 0.3) is 22.4 Å². The molecule has 0 aliphatic heterocycles. The third-order valence-electron chi connectivity index (χ3n) is 3.98. The second kappa shape index (κ2) is 7.18. The molecule has 126 valence electrons. The zero-order valence-electron chi connectivity index (χ0n) is 14.3. The molecule has 2 aromatic carbocycles. The molecule has 3 rings (SSSR count). The maximum absolute atomic E-state index is 12.0. The van der Waals surface area contributed by atoms with Gasteiger partial charge >= 0.3 is 5.97 Å². The molecule has 0 fully saturated rings. The molecule has 3 aromatic rings. The zero-order chi connectivity index (χ0) is 17.8. The Kier molecular flexibility index (Phi) is 4.80. The highest BCUT2D eigenvalue weighted by Crippen LogP contribution is 2.26. The summed E-state index contributed by atoms with van der Waals surface area (Å²) in [6, 6.07) is 15.0. The molecule has 5 heteroatoms. The number of carbonyl (C=O) groups is 1. The minimum atomic E-state index is -0.339. The van der Waals surface area contributed by atoms with Crippen molar-refractivity contribution in [3.63, 3.8) is 0 Å². The second-order valence-corrected chi connectivity index (χ2v) is 5.70. The van der Waals surface area contributed by atoms with E-state index in [-0.39, 0.29) is 5.97 Å². The summed E-state index contributed by atoms with van der Waals surface area (Å²) < 4.78 is 7.21. The number of rotatable bonds is 5. The summed E-state index contributed by atoms with van der Waals surface area (Å²) in [7, 11) is 0. The first-order valence-electron chi connectivity index (χ1n) is 8.35. The molecule has 0 N–H and O–H groups in total. The standard InChI is InChI=1S/C20H19N3O2/c1-3-11-23-18-10-9-16(20(24)25-4-2)12-17(18)22-19(23)15-7-5-14(13-21)6-8-15/h5-10,12H,3-4,11H2,1-2H3. The molecular weight excluding hydrogens is 314 g/mol. The Morgan fingerprint density at radius 1 is 1.20 bits per heavy atom. The topological polar surface area (TPSA) is 67.9 Å². The van der Waals surface area contributed by atoms with Gasteiger partial charge in [-0.25, -0.2) is 9.78 Å². The average molecular weight is 333 g/mol. The van der Waals surface area contributed by atoms with Crippen molar-refractivity contribution >= 4 is 17.0 Å². The molecule has 0 aliphatic carbocycles. The minimum absolute atomic E-state index is 0.339. The van der Waals surface area contributed by atoms with Gasteiger partial charge in [-0.1, -0.05) is 6.92 Å². The summed E-state index contributed by atoms with van der Waals surface area (Å²) in [5.74, 6) is 0.497. The maximum atomic E-state index is 12.0. The number of aromatic nitrogens is 2. The number of imidazole rings is 1. The van der Waals surface area contributed by atoms with Crippen LogP contribution >= 0.6 is 0 Å². The number of fused-ring (bicyclic) bond motifs is 1. The Morgan fingerprint density at radius 2 is 1.96 bits per heavy atom. The van der Waals surface area contributed by atoms with Crippen LogP contribution < -0.4 is 0 Å². The number of esters is 1. The third-order valence-corrected chi connectivity index (χ3v) is 3.98. The van der Waals surface area contributed by atoms with Gasteiger partial charge in [0.05, 0.1) is 34.8 Å². The van der Waals surface area contributed by atoms with Crippen molar-refractivity contribution in [3.8, 4) is 17.5 Å². The van der Waals surface area contributed by atoms with Crippen LogP contribution in [0.15, 0.2) is 42.5 Å². The Morgan fingerprint density at radius 3 is 2.60 bits per heavy atom. The average Bonchev–Trinajstić information content (AvgIpc) is 3.00. The van der Waals surface area contributed by atoms with E-state index in [0.29, 0.717) is 17.7 Å². The van der Waals surface area contributed by atoms with E-state index in [2.05, 4.69) is 17.6 Å². The normalized spacial score (nSPS) is 10.6. The summed E-state index contributed by atoms with van der Waals surface area (Å²) in [5, 5.41) is 8.96. The molecule has 1 aromatic heterocycles. The van der Waals surface area contributed by atoms with Gasteiger partial charge in [-0.2, -0.15) is 5.26 Å². The van der Waals surface area contributed by atoms with E-state index in [1.54, 1.807) is 31.2 Å². The molecule has 0 saturated carbocycles. The van der Waals surface area contributed by atoms with Gasteiger partial charge in [-0.15, -0.1) is 0 Å². The summed E-state index contributed by atoms with van der Waals surface area (Å²) in [6.45, 7) is 5.07. The van der Waals surface area contributed by atoms with Crippen LogP contribution in [0.1, 0.15) is 36.2 Å². The molecule has 0 saturated heterocycles. The lowest BCUT2D eigenvalue weighted by Crippen LogP contribution is -2.04. The fraction of sp³-hybridized carbons (Fsp3) is 0.250. The van der Waals surface area contributed by atoms with Crippen molar-refractivity contribution in [3.05, 3.63) is 53.6 Å². The molecule has 5 nitrogen and oxygen atoms in total. The van der Waals surface area contributed by atoms with Crippen LogP contribution in [-0.4, -0.2) is 22.1 Å². The first-order valence-corrected chi connectivity index (χ1v) is 8.35. The molecule has 1 heterocycles. The first-order chi connectivity index (χ1) is 12.2. The number of hydrogen-bond acceptors (Lipinski definition) is 4. The van der Waals surface area contributed by atoms with E-state index < -0.39 is 0 Å². The molecular formula is C20H19N3O2. The number of nitriles is 1. The lowest BCUT2D eigenvalue weighted by Gasteiger charge is -2.08. The number of aryl methyl sites for hydroxylation is 1. The van der Waals surface area contributed by atoms with Gasteiger partial charge in [0.2, 0.25) is 0 Å². The Bertz CT molecular complexity index is 949. The van der Waals surface area contributed by atoms with E-state index in [1.165, 1.54) is 0 Å². The van der Waals surface area contributed by atoms with Crippen LogP contribution in [0.4, 0.5) is 0 Å². The van der Waals surface area contributed by atoms with Crippen LogP contribution in [0, 0.1) is 11.3 Å². The SMILES string of the molecule is CCCn1c(-c2ccc(C#N)cc2)nc2cc(C(=O)OCC)ccc21. The number of carbonyl (C=O) groups excluding carboxylic acids is 1. The molecule has 0 unspecified atom stereocenters. The van der Waals surface area contributed by atoms with Crippen molar-refractivity contribution in [2.45, 2.75) is 26.8 Å². The summed E-state index contributed by atoms with van der Waals surface area (Å²) in [6.07, 6.45) is 0.967. The van der Waals surface area contributed by atoms with Gasteiger partial charge in [-0.3, -0.25) is 0 Å². The van der Waals surface area contributed by atoms with Crippen molar-refractivity contribution in [2.75, 3.05) is 6.61 Å².